The Morgan fingerprint density at radius 1 is 1.59 bits per heavy atom. The Hall–Kier alpha value is -2.05. The Bertz CT molecular complexity index is 453. The van der Waals surface area contributed by atoms with Crippen LogP contribution in [-0.2, 0) is 11.8 Å². The Kier molecular flexibility index (Phi) is 3.72. The van der Waals surface area contributed by atoms with Gasteiger partial charge in [-0.25, -0.2) is 0 Å². The van der Waals surface area contributed by atoms with Gasteiger partial charge in [0.1, 0.15) is 11.4 Å². The Balaban J connectivity index is 2.97. The third-order valence-electron chi connectivity index (χ3n) is 2.33. The van der Waals surface area contributed by atoms with Crippen molar-refractivity contribution in [2.45, 2.75) is 26.3 Å². The fraction of sp³-hybridized carbons (Fsp3) is 0.500. The minimum atomic E-state index is -0.912. The summed E-state index contributed by atoms with van der Waals surface area (Å²) in [5.74, 6) is -1.05. The van der Waals surface area contributed by atoms with Crippen molar-refractivity contribution in [2.75, 3.05) is 5.32 Å². The molecule has 0 aromatic carbocycles. The van der Waals surface area contributed by atoms with Crippen molar-refractivity contribution in [3.63, 3.8) is 0 Å². The number of hydrogen-bond donors (Lipinski definition) is 3. The lowest BCUT2D eigenvalue weighted by Gasteiger charge is -2.14. The maximum absolute atomic E-state index is 11.3. The SMILES string of the molecule is Cc1nn(C)c(NC(C)CC(=O)O)c1C(N)=O. The molecule has 0 spiro atoms. The second-order valence-electron chi connectivity index (χ2n) is 3.94. The number of amides is 1. The maximum atomic E-state index is 11.3. The highest BCUT2D eigenvalue weighted by molar-refractivity contribution is 5.99. The molecule has 1 atom stereocenters. The summed E-state index contributed by atoms with van der Waals surface area (Å²) in [5, 5.41) is 15.7. The number of primary amides is 1. The van der Waals surface area contributed by atoms with Crippen LogP contribution in [0.1, 0.15) is 29.4 Å². The molecule has 7 heteroatoms. The smallest absolute Gasteiger partial charge is 0.305 e. The third-order valence-corrected chi connectivity index (χ3v) is 2.33. The highest BCUT2D eigenvalue weighted by Crippen LogP contribution is 2.19. The molecular formula is C10H16N4O3. The first-order valence-electron chi connectivity index (χ1n) is 5.14. The third kappa shape index (κ3) is 2.96. The molecule has 1 heterocycles. The number of nitrogens with one attached hydrogen (secondary N) is 1. The second-order valence-corrected chi connectivity index (χ2v) is 3.94. The van der Waals surface area contributed by atoms with E-state index in [-0.39, 0.29) is 12.5 Å². The second kappa shape index (κ2) is 4.86. The lowest BCUT2D eigenvalue weighted by molar-refractivity contribution is -0.137. The van der Waals surface area contributed by atoms with E-state index in [9.17, 15) is 9.59 Å². The van der Waals surface area contributed by atoms with Gasteiger partial charge in [-0.2, -0.15) is 5.10 Å². The van der Waals surface area contributed by atoms with E-state index in [1.807, 2.05) is 0 Å². The van der Waals surface area contributed by atoms with E-state index in [2.05, 4.69) is 10.4 Å². The van der Waals surface area contributed by atoms with E-state index in [1.54, 1.807) is 20.9 Å². The molecule has 1 rings (SSSR count). The van der Waals surface area contributed by atoms with Gasteiger partial charge in [0.05, 0.1) is 12.1 Å². The maximum Gasteiger partial charge on any atom is 0.305 e. The molecule has 1 aromatic rings. The van der Waals surface area contributed by atoms with Crippen LogP contribution < -0.4 is 11.1 Å². The number of nitrogens with zero attached hydrogens (tertiary/aromatic N) is 2. The van der Waals surface area contributed by atoms with E-state index in [1.165, 1.54) is 4.68 Å². The lowest BCUT2D eigenvalue weighted by atomic mass is 10.2. The Morgan fingerprint density at radius 2 is 2.18 bits per heavy atom. The van der Waals surface area contributed by atoms with Gasteiger partial charge in [0.15, 0.2) is 0 Å². The first-order valence-corrected chi connectivity index (χ1v) is 5.14. The molecule has 0 saturated heterocycles. The Morgan fingerprint density at radius 3 is 2.65 bits per heavy atom. The van der Waals surface area contributed by atoms with Gasteiger partial charge in [-0.3, -0.25) is 14.3 Å². The van der Waals surface area contributed by atoms with Crippen molar-refractivity contribution in [3.05, 3.63) is 11.3 Å². The summed E-state index contributed by atoms with van der Waals surface area (Å²) in [6.07, 6.45) is -0.0531. The highest BCUT2D eigenvalue weighted by atomic mass is 16.4. The van der Waals surface area contributed by atoms with Gasteiger partial charge in [0.25, 0.3) is 5.91 Å². The number of rotatable bonds is 5. The molecule has 0 saturated carbocycles. The molecule has 0 aliphatic rings. The van der Waals surface area contributed by atoms with E-state index in [0.29, 0.717) is 17.1 Å². The zero-order chi connectivity index (χ0) is 13.2. The minimum Gasteiger partial charge on any atom is -0.481 e. The zero-order valence-corrected chi connectivity index (χ0v) is 10.0. The van der Waals surface area contributed by atoms with Crippen molar-refractivity contribution in [1.29, 1.82) is 0 Å². The van der Waals surface area contributed by atoms with Crippen molar-refractivity contribution >= 4 is 17.7 Å². The molecule has 0 fully saturated rings. The average molecular weight is 240 g/mol. The number of carboxylic acid groups (broad SMARTS) is 1. The van der Waals surface area contributed by atoms with Crippen LogP contribution in [0.2, 0.25) is 0 Å². The van der Waals surface area contributed by atoms with Gasteiger partial charge < -0.3 is 16.2 Å². The summed E-state index contributed by atoms with van der Waals surface area (Å²) in [4.78, 5) is 21.8. The predicted molar refractivity (Wildman–Crippen MR) is 61.8 cm³/mol. The molecule has 7 nitrogen and oxygen atoms in total. The summed E-state index contributed by atoms with van der Waals surface area (Å²) in [5.41, 5.74) is 6.07. The van der Waals surface area contributed by atoms with Gasteiger partial charge in [0, 0.05) is 13.1 Å². The van der Waals surface area contributed by atoms with E-state index in [0.717, 1.165) is 0 Å². The molecule has 4 N–H and O–H groups in total. The van der Waals surface area contributed by atoms with Crippen LogP contribution >= 0.6 is 0 Å². The molecule has 94 valence electrons. The van der Waals surface area contributed by atoms with Crippen LogP contribution in [-0.4, -0.2) is 32.8 Å². The number of carbonyl (C=O) groups excluding carboxylic acids is 1. The molecular weight excluding hydrogens is 224 g/mol. The van der Waals surface area contributed by atoms with Crippen LogP contribution in [0.25, 0.3) is 0 Å². The number of nitrogens with two attached hydrogens (primary N) is 1. The van der Waals surface area contributed by atoms with Gasteiger partial charge >= 0.3 is 5.97 Å². The monoisotopic (exact) mass is 240 g/mol. The molecule has 0 bridgehead atoms. The molecule has 1 unspecified atom stereocenters. The summed E-state index contributed by atoms with van der Waals surface area (Å²) in [7, 11) is 1.66. The number of hydrogen-bond acceptors (Lipinski definition) is 4. The normalized spacial score (nSPS) is 12.2. The van der Waals surface area contributed by atoms with Crippen molar-refractivity contribution in [2.24, 2.45) is 12.8 Å². The first-order chi connectivity index (χ1) is 7.82. The lowest BCUT2D eigenvalue weighted by Crippen LogP contribution is -2.23. The van der Waals surface area contributed by atoms with Crippen molar-refractivity contribution < 1.29 is 14.7 Å². The van der Waals surface area contributed by atoms with Crippen LogP contribution in [0, 0.1) is 6.92 Å². The fourth-order valence-electron chi connectivity index (χ4n) is 1.67. The molecule has 1 amide bonds. The number of carboxylic acids is 1. The molecule has 17 heavy (non-hydrogen) atoms. The number of aryl methyl sites for hydroxylation is 2. The molecule has 0 radical (unpaired) electrons. The van der Waals surface area contributed by atoms with Gasteiger partial charge in [-0.1, -0.05) is 0 Å². The van der Waals surface area contributed by atoms with Crippen LogP contribution in [0.15, 0.2) is 0 Å². The summed E-state index contributed by atoms with van der Waals surface area (Å²) < 4.78 is 1.48. The topological polar surface area (TPSA) is 110 Å². The summed E-state index contributed by atoms with van der Waals surface area (Å²) in [6.45, 7) is 3.38. The van der Waals surface area contributed by atoms with E-state index >= 15 is 0 Å². The van der Waals surface area contributed by atoms with E-state index < -0.39 is 11.9 Å². The number of aliphatic carboxylic acids is 1. The van der Waals surface area contributed by atoms with Crippen LogP contribution in [0.4, 0.5) is 5.82 Å². The summed E-state index contributed by atoms with van der Waals surface area (Å²) in [6, 6.07) is -0.319. The highest BCUT2D eigenvalue weighted by Gasteiger charge is 2.19. The number of anilines is 1. The Labute approximate surface area is 98.6 Å². The van der Waals surface area contributed by atoms with Gasteiger partial charge in [0.2, 0.25) is 0 Å². The van der Waals surface area contributed by atoms with E-state index in [4.69, 9.17) is 10.8 Å². The predicted octanol–water partition coefficient (Wildman–Crippen LogP) is 0.103. The van der Waals surface area contributed by atoms with Gasteiger partial charge in [-0.15, -0.1) is 0 Å². The zero-order valence-electron chi connectivity index (χ0n) is 10.0. The molecule has 1 aromatic heterocycles. The quantitative estimate of drug-likeness (QED) is 0.676. The minimum absolute atomic E-state index is 0.0531. The average Bonchev–Trinajstić information content (AvgIpc) is 2.39. The van der Waals surface area contributed by atoms with Crippen LogP contribution in [0.5, 0.6) is 0 Å². The molecule has 0 aliphatic heterocycles. The van der Waals surface area contributed by atoms with Crippen LogP contribution in [0.3, 0.4) is 0 Å². The number of carbonyl (C=O) groups is 2. The van der Waals surface area contributed by atoms with Crippen molar-refractivity contribution in [1.82, 2.24) is 9.78 Å². The first kappa shape index (κ1) is 13.0. The van der Waals surface area contributed by atoms with Gasteiger partial charge in [-0.05, 0) is 13.8 Å². The molecule has 0 aliphatic carbocycles. The van der Waals surface area contributed by atoms with Crippen molar-refractivity contribution in [3.8, 4) is 0 Å². The number of aromatic nitrogens is 2. The summed E-state index contributed by atoms with van der Waals surface area (Å²) >= 11 is 0. The fourth-order valence-corrected chi connectivity index (χ4v) is 1.67. The largest absolute Gasteiger partial charge is 0.481 e. The standard InChI is InChI=1S/C10H16N4O3/c1-5(4-7(15)16)12-10-8(9(11)17)6(2)13-14(10)3/h5,12H,4H2,1-3H3,(H2,11,17)(H,15,16).